The van der Waals surface area contributed by atoms with E-state index in [9.17, 15) is 0 Å². The fraction of sp³-hybridized carbons (Fsp3) is 0.333. The number of hydrogen-bond donors (Lipinski definition) is 0. The van der Waals surface area contributed by atoms with E-state index < -0.39 is 0 Å². The van der Waals surface area contributed by atoms with Crippen molar-refractivity contribution in [2.45, 2.75) is 39.5 Å². The number of anilines is 1. The van der Waals surface area contributed by atoms with Crippen LogP contribution in [0.3, 0.4) is 0 Å². The predicted octanol–water partition coefficient (Wildman–Crippen LogP) is 7.16. The topological polar surface area (TPSA) is 3.24 Å². The third-order valence-electron chi connectivity index (χ3n) is 5.64. The predicted molar refractivity (Wildman–Crippen MR) is 123 cm³/mol. The van der Waals surface area contributed by atoms with Crippen LogP contribution < -0.4 is 4.90 Å². The first-order valence-corrected chi connectivity index (χ1v) is 10.6. The van der Waals surface area contributed by atoms with Gasteiger partial charge in [-0.15, -0.1) is 0 Å². The molecule has 0 spiro atoms. The van der Waals surface area contributed by atoms with Crippen LogP contribution in [0.4, 0.5) is 5.69 Å². The number of benzene rings is 3. The third-order valence-corrected chi connectivity index (χ3v) is 5.64. The standard InChI is InChI=1S/C25H27N.C2H6/c1-18-15-21-7-4-5-10-24(21)25(16-18)22-9-6-8-20(17-22)19-11-13-23(14-12-19)26(2)3;1-2/h4-14,17-18,25H,15-16H2,1-3H3;1-2H3/t18-,25+;/m1./s1. The van der Waals surface area contributed by atoms with Crippen LogP contribution >= 0.6 is 0 Å². The van der Waals surface area contributed by atoms with E-state index in [-0.39, 0.29) is 0 Å². The minimum absolute atomic E-state index is 0.510. The zero-order valence-corrected chi connectivity index (χ0v) is 17.9. The molecule has 0 aliphatic heterocycles. The highest BCUT2D eigenvalue weighted by Crippen LogP contribution is 2.40. The van der Waals surface area contributed by atoms with Crippen LogP contribution in [0.25, 0.3) is 11.1 Å². The van der Waals surface area contributed by atoms with Gasteiger partial charge in [-0.3, -0.25) is 0 Å². The number of rotatable bonds is 3. The van der Waals surface area contributed by atoms with Crippen LogP contribution in [-0.4, -0.2) is 14.1 Å². The van der Waals surface area contributed by atoms with Crippen molar-refractivity contribution in [1.29, 1.82) is 0 Å². The van der Waals surface area contributed by atoms with Crippen molar-refractivity contribution in [3.05, 3.63) is 89.5 Å². The quantitative estimate of drug-likeness (QED) is 0.472. The van der Waals surface area contributed by atoms with Crippen LogP contribution in [-0.2, 0) is 6.42 Å². The summed E-state index contributed by atoms with van der Waals surface area (Å²) in [5.74, 6) is 1.24. The summed E-state index contributed by atoms with van der Waals surface area (Å²) >= 11 is 0. The van der Waals surface area contributed by atoms with Gasteiger partial charge < -0.3 is 4.90 Å². The Kier molecular flexibility index (Phi) is 6.57. The average Bonchev–Trinajstić information content (AvgIpc) is 2.74. The Hall–Kier alpha value is -2.54. The maximum absolute atomic E-state index is 2.39. The summed E-state index contributed by atoms with van der Waals surface area (Å²) in [6, 6.07) is 27.0. The van der Waals surface area contributed by atoms with Gasteiger partial charge in [0.15, 0.2) is 0 Å². The Labute approximate surface area is 171 Å². The second-order valence-corrected chi connectivity index (χ2v) is 7.86. The molecule has 4 rings (SSSR count). The molecule has 0 aromatic heterocycles. The van der Waals surface area contributed by atoms with Crippen LogP contribution in [0.1, 0.15) is 49.8 Å². The monoisotopic (exact) mass is 371 g/mol. The molecule has 1 aliphatic carbocycles. The minimum atomic E-state index is 0.510. The van der Waals surface area contributed by atoms with Crippen molar-refractivity contribution in [3.8, 4) is 11.1 Å². The number of hydrogen-bond acceptors (Lipinski definition) is 1. The zero-order valence-electron chi connectivity index (χ0n) is 17.9. The SMILES string of the molecule is CC.C[C@@H]1Cc2ccccc2[C@H](c2cccc(-c3ccc(N(C)C)cc3)c2)C1. The van der Waals surface area contributed by atoms with Gasteiger partial charge in [-0.05, 0) is 58.7 Å². The second-order valence-electron chi connectivity index (χ2n) is 7.86. The van der Waals surface area contributed by atoms with Gasteiger partial charge in [-0.1, -0.05) is 81.4 Å². The van der Waals surface area contributed by atoms with E-state index in [2.05, 4.69) is 98.7 Å². The summed E-state index contributed by atoms with van der Waals surface area (Å²) in [4.78, 5) is 2.14. The summed E-state index contributed by atoms with van der Waals surface area (Å²) < 4.78 is 0. The molecule has 146 valence electrons. The van der Waals surface area contributed by atoms with Gasteiger partial charge in [0.1, 0.15) is 0 Å². The highest BCUT2D eigenvalue weighted by atomic mass is 15.1. The number of fused-ring (bicyclic) bond motifs is 1. The highest BCUT2D eigenvalue weighted by Gasteiger charge is 2.25. The van der Waals surface area contributed by atoms with Crippen molar-refractivity contribution in [1.82, 2.24) is 0 Å². The Morgan fingerprint density at radius 2 is 1.50 bits per heavy atom. The molecule has 1 aliphatic rings. The van der Waals surface area contributed by atoms with E-state index in [1.165, 1.54) is 46.3 Å². The first kappa shape index (κ1) is 20.2. The molecule has 0 heterocycles. The average molecular weight is 372 g/mol. The Morgan fingerprint density at radius 1 is 0.786 bits per heavy atom. The lowest BCUT2D eigenvalue weighted by Crippen LogP contribution is -2.17. The molecule has 1 heteroatoms. The minimum Gasteiger partial charge on any atom is -0.378 e. The van der Waals surface area contributed by atoms with E-state index in [0.717, 1.165) is 5.92 Å². The molecule has 3 aromatic carbocycles. The Morgan fingerprint density at radius 3 is 2.21 bits per heavy atom. The summed E-state index contributed by atoms with van der Waals surface area (Å²) in [5, 5.41) is 0. The number of nitrogens with zero attached hydrogens (tertiary/aromatic N) is 1. The molecule has 0 N–H and O–H groups in total. The lowest BCUT2D eigenvalue weighted by molar-refractivity contribution is 0.464. The molecular weight excluding hydrogens is 338 g/mol. The molecular formula is C27H33N. The molecule has 2 atom stereocenters. The van der Waals surface area contributed by atoms with Gasteiger partial charge in [-0.2, -0.15) is 0 Å². The van der Waals surface area contributed by atoms with Crippen LogP contribution in [0.5, 0.6) is 0 Å². The van der Waals surface area contributed by atoms with Gasteiger partial charge in [0.05, 0.1) is 0 Å². The maximum Gasteiger partial charge on any atom is 0.0361 e. The molecule has 28 heavy (non-hydrogen) atoms. The van der Waals surface area contributed by atoms with Crippen LogP contribution in [0, 0.1) is 5.92 Å². The van der Waals surface area contributed by atoms with E-state index in [4.69, 9.17) is 0 Å². The summed E-state index contributed by atoms with van der Waals surface area (Å²) in [7, 11) is 4.16. The molecule has 0 radical (unpaired) electrons. The molecule has 0 unspecified atom stereocenters. The molecule has 0 saturated carbocycles. The van der Waals surface area contributed by atoms with Gasteiger partial charge >= 0.3 is 0 Å². The zero-order chi connectivity index (χ0) is 20.1. The normalized spacial score (nSPS) is 17.9. The fourth-order valence-corrected chi connectivity index (χ4v) is 4.25. The molecule has 0 bridgehead atoms. The highest BCUT2D eigenvalue weighted by molar-refractivity contribution is 5.67. The summed E-state index contributed by atoms with van der Waals surface area (Å²) in [5.41, 5.74) is 8.32. The van der Waals surface area contributed by atoms with Gasteiger partial charge in [-0.25, -0.2) is 0 Å². The van der Waals surface area contributed by atoms with Crippen molar-refractivity contribution in [2.75, 3.05) is 19.0 Å². The molecule has 1 nitrogen and oxygen atoms in total. The first-order valence-electron chi connectivity index (χ1n) is 10.6. The fourth-order valence-electron chi connectivity index (χ4n) is 4.25. The Balaban J connectivity index is 0.00000109. The second kappa shape index (κ2) is 9.10. The van der Waals surface area contributed by atoms with E-state index in [1.54, 1.807) is 0 Å². The van der Waals surface area contributed by atoms with Crippen molar-refractivity contribution in [3.63, 3.8) is 0 Å². The smallest absolute Gasteiger partial charge is 0.0361 e. The molecule has 0 saturated heterocycles. The Bertz CT molecular complexity index is 892. The van der Waals surface area contributed by atoms with Crippen molar-refractivity contribution < 1.29 is 0 Å². The van der Waals surface area contributed by atoms with Crippen molar-refractivity contribution >= 4 is 5.69 Å². The largest absolute Gasteiger partial charge is 0.378 e. The van der Waals surface area contributed by atoms with E-state index >= 15 is 0 Å². The molecule has 0 amide bonds. The van der Waals surface area contributed by atoms with Gasteiger partial charge in [0, 0.05) is 25.7 Å². The van der Waals surface area contributed by atoms with Crippen LogP contribution in [0.2, 0.25) is 0 Å². The van der Waals surface area contributed by atoms with E-state index in [0.29, 0.717) is 5.92 Å². The summed E-state index contributed by atoms with van der Waals surface area (Å²) in [6.45, 7) is 6.38. The van der Waals surface area contributed by atoms with Crippen LogP contribution in [0.15, 0.2) is 72.8 Å². The third kappa shape index (κ3) is 4.30. The first-order chi connectivity index (χ1) is 13.6. The van der Waals surface area contributed by atoms with Gasteiger partial charge in [0.25, 0.3) is 0 Å². The lowest BCUT2D eigenvalue weighted by atomic mass is 9.74. The van der Waals surface area contributed by atoms with Crippen molar-refractivity contribution in [2.24, 2.45) is 5.92 Å². The maximum atomic E-state index is 2.39. The van der Waals surface area contributed by atoms with Gasteiger partial charge in [0.2, 0.25) is 0 Å². The lowest BCUT2D eigenvalue weighted by Gasteiger charge is -2.30. The van der Waals surface area contributed by atoms with E-state index in [1.807, 2.05) is 13.8 Å². The molecule has 0 fully saturated rings. The summed E-state index contributed by atoms with van der Waals surface area (Å²) in [6.07, 6.45) is 2.44. The molecule has 3 aromatic rings.